The largest absolute Gasteiger partial charge is 0.384 e. The van der Waals surface area contributed by atoms with Crippen LogP contribution in [0.5, 0.6) is 0 Å². The van der Waals surface area contributed by atoms with Crippen LogP contribution in [0.2, 0.25) is 0 Å². The minimum atomic E-state index is -0.989. The van der Waals surface area contributed by atoms with E-state index < -0.39 is 29.7 Å². The Morgan fingerprint density at radius 3 is 2.67 bits per heavy atom. The molecule has 1 atom stereocenters. The van der Waals surface area contributed by atoms with Crippen LogP contribution >= 0.6 is 11.3 Å². The maximum atomic E-state index is 13.2. The monoisotopic (exact) mass is 633 g/mol. The first-order valence-corrected chi connectivity index (χ1v) is 16.2. The number of ether oxygens (including phenoxy) is 1. The predicted octanol–water partition coefficient (Wildman–Crippen LogP) is 3.20. The number of carbonyl (C=O) groups is 5. The lowest BCUT2D eigenvalue weighted by Gasteiger charge is -2.27. The van der Waals surface area contributed by atoms with Crippen molar-refractivity contribution in [2.75, 3.05) is 43.1 Å². The molecule has 6 rings (SSSR count). The minimum absolute atomic E-state index is 0.0162. The molecule has 1 unspecified atom stereocenters. The Labute approximate surface area is 264 Å². The van der Waals surface area contributed by atoms with Gasteiger partial charge in [0.15, 0.2) is 16.7 Å². The molecule has 14 heteroatoms. The molecular formula is C31H35N7O6S. The Morgan fingerprint density at radius 2 is 1.84 bits per heavy atom. The number of thiazole rings is 1. The summed E-state index contributed by atoms with van der Waals surface area (Å²) in [5.41, 5.74) is 1.52. The number of imidazole rings is 1. The summed E-state index contributed by atoms with van der Waals surface area (Å²) in [6, 6.07) is 4.06. The number of hydrogen-bond donors (Lipinski definition) is 2. The number of piperidine rings is 1. The van der Waals surface area contributed by atoms with E-state index in [0.717, 1.165) is 61.0 Å². The third-order valence-corrected chi connectivity index (χ3v) is 9.15. The average molecular weight is 634 g/mol. The highest BCUT2D eigenvalue weighted by atomic mass is 32.1. The molecule has 0 spiro atoms. The highest BCUT2D eigenvalue weighted by Crippen LogP contribution is 2.32. The zero-order chi connectivity index (χ0) is 31.3. The van der Waals surface area contributed by atoms with Crippen LogP contribution in [0.1, 0.15) is 82.6 Å². The first-order valence-electron chi connectivity index (χ1n) is 15.3. The van der Waals surface area contributed by atoms with Gasteiger partial charge in [0.25, 0.3) is 11.8 Å². The Morgan fingerprint density at radius 1 is 1.04 bits per heavy atom. The van der Waals surface area contributed by atoms with Crippen LogP contribution in [-0.2, 0) is 14.3 Å². The number of rotatable bonds is 13. The standard InChI is InChI=1S/C31H35N7O6S/c39-24(22-17-37(19-33-22)25-18-45-31(34-25)36-13-15-44-16-14-36)9-4-2-1-3-5-12-32-21-8-6-7-20-27(21)30(43)38(29(20)42)23-10-11-26(40)35-28(23)41/h6-8,17-19,23,32H,1-5,9-16H2,(H,35,40,41). The summed E-state index contributed by atoms with van der Waals surface area (Å²) in [6.45, 7) is 3.65. The van der Waals surface area contributed by atoms with Gasteiger partial charge in [-0.2, -0.15) is 0 Å². The van der Waals surface area contributed by atoms with E-state index in [0.29, 0.717) is 37.6 Å². The summed E-state index contributed by atoms with van der Waals surface area (Å²) in [4.78, 5) is 75.0. The van der Waals surface area contributed by atoms with Crippen molar-refractivity contribution < 1.29 is 28.7 Å². The number of anilines is 2. The third-order valence-electron chi connectivity index (χ3n) is 8.26. The van der Waals surface area contributed by atoms with Gasteiger partial charge in [-0.25, -0.2) is 9.97 Å². The van der Waals surface area contributed by atoms with Gasteiger partial charge in [-0.1, -0.05) is 25.3 Å². The van der Waals surface area contributed by atoms with Gasteiger partial charge in [-0.05, 0) is 31.4 Å². The number of amides is 4. The van der Waals surface area contributed by atoms with Gasteiger partial charge in [0.05, 0.1) is 24.3 Å². The molecule has 236 valence electrons. The minimum Gasteiger partial charge on any atom is -0.384 e. The fourth-order valence-corrected chi connectivity index (χ4v) is 6.68. The number of aromatic nitrogens is 3. The number of morpholine rings is 1. The number of nitrogens with zero attached hydrogens (tertiary/aromatic N) is 5. The van der Waals surface area contributed by atoms with E-state index in [4.69, 9.17) is 9.72 Å². The van der Waals surface area contributed by atoms with E-state index in [2.05, 4.69) is 20.5 Å². The molecule has 2 saturated heterocycles. The summed E-state index contributed by atoms with van der Waals surface area (Å²) in [7, 11) is 0. The second-order valence-corrected chi connectivity index (χ2v) is 12.1. The smallest absolute Gasteiger partial charge is 0.264 e. The van der Waals surface area contributed by atoms with Gasteiger partial charge in [0.2, 0.25) is 11.8 Å². The Balaban J connectivity index is 0.909. The molecule has 0 aliphatic carbocycles. The number of benzene rings is 1. The maximum absolute atomic E-state index is 13.2. The summed E-state index contributed by atoms with van der Waals surface area (Å²) >= 11 is 1.57. The third kappa shape index (κ3) is 6.66. The second-order valence-electron chi connectivity index (χ2n) is 11.3. The molecule has 0 bridgehead atoms. The molecule has 3 aromatic rings. The number of Topliss-reactive ketones (excluding diaryl/α,β-unsaturated/α-hetero) is 1. The first kappa shape index (κ1) is 30.6. The molecule has 2 fully saturated rings. The van der Waals surface area contributed by atoms with Gasteiger partial charge in [0, 0.05) is 49.7 Å². The summed E-state index contributed by atoms with van der Waals surface area (Å²) in [5.74, 6) is -1.30. The molecule has 2 aromatic heterocycles. The van der Waals surface area contributed by atoms with Crippen molar-refractivity contribution in [3.63, 3.8) is 0 Å². The van der Waals surface area contributed by atoms with E-state index >= 15 is 0 Å². The number of unbranched alkanes of at least 4 members (excludes halogenated alkanes) is 4. The van der Waals surface area contributed by atoms with E-state index in [1.165, 1.54) is 0 Å². The van der Waals surface area contributed by atoms with Crippen LogP contribution in [-0.4, -0.2) is 87.7 Å². The molecule has 3 aliphatic heterocycles. The number of nitrogens with one attached hydrogen (secondary N) is 2. The van der Waals surface area contributed by atoms with Crippen molar-refractivity contribution in [3.05, 3.63) is 52.9 Å². The van der Waals surface area contributed by atoms with Gasteiger partial charge in [-0.15, -0.1) is 11.3 Å². The van der Waals surface area contributed by atoms with Crippen molar-refractivity contribution >= 4 is 51.6 Å². The lowest BCUT2D eigenvalue weighted by molar-refractivity contribution is -0.136. The normalized spacial score (nSPS) is 18.4. The van der Waals surface area contributed by atoms with E-state index in [9.17, 15) is 24.0 Å². The van der Waals surface area contributed by atoms with E-state index in [1.807, 2.05) is 5.38 Å². The van der Waals surface area contributed by atoms with Crippen LogP contribution in [0.3, 0.4) is 0 Å². The van der Waals surface area contributed by atoms with Crippen LogP contribution in [0.15, 0.2) is 36.1 Å². The number of carbonyl (C=O) groups excluding carboxylic acids is 5. The van der Waals surface area contributed by atoms with Crippen molar-refractivity contribution in [2.24, 2.45) is 0 Å². The van der Waals surface area contributed by atoms with Crippen molar-refractivity contribution in [3.8, 4) is 5.82 Å². The van der Waals surface area contributed by atoms with Crippen LogP contribution in [0, 0.1) is 0 Å². The maximum Gasteiger partial charge on any atom is 0.264 e. The van der Waals surface area contributed by atoms with Gasteiger partial charge in [-0.3, -0.25) is 38.8 Å². The fourth-order valence-electron chi connectivity index (χ4n) is 5.82. The summed E-state index contributed by atoms with van der Waals surface area (Å²) in [5, 5.41) is 8.40. The average Bonchev–Trinajstić information content (AvgIpc) is 3.79. The Kier molecular flexibility index (Phi) is 9.31. The highest BCUT2D eigenvalue weighted by Gasteiger charge is 2.45. The van der Waals surface area contributed by atoms with Gasteiger partial charge >= 0.3 is 0 Å². The molecule has 4 amide bonds. The summed E-state index contributed by atoms with van der Waals surface area (Å²) in [6.07, 6.45) is 8.45. The van der Waals surface area contributed by atoms with Crippen LogP contribution in [0.4, 0.5) is 10.8 Å². The van der Waals surface area contributed by atoms with Crippen LogP contribution < -0.4 is 15.5 Å². The molecule has 5 heterocycles. The molecular weight excluding hydrogens is 598 g/mol. The predicted molar refractivity (Wildman–Crippen MR) is 166 cm³/mol. The Bertz CT molecular complexity index is 1610. The zero-order valence-electron chi connectivity index (χ0n) is 24.8. The Hall–Kier alpha value is -4.43. The van der Waals surface area contributed by atoms with Crippen molar-refractivity contribution in [2.45, 2.75) is 57.4 Å². The SMILES string of the molecule is O=C1CCC(N2C(=O)c3cccc(NCCCCCCCC(=O)c4cn(-c5csc(N6CCOCC6)n5)cn4)c3C2=O)C(=O)N1. The van der Waals surface area contributed by atoms with E-state index in [1.54, 1.807) is 46.6 Å². The van der Waals surface area contributed by atoms with Gasteiger partial charge in [0.1, 0.15) is 18.1 Å². The number of fused-ring (bicyclic) bond motifs is 1. The van der Waals surface area contributed by atoms with E-state index in [-0.39, 0.29) is 29.8 Å². The van der Waals surface area contributed by atoms with Crippen LogP contribution in [0.25, 0.3) is 5.82 Å². The molecule has 0 saturated carbocycles. The number of ketones is 1. The summed E-state index contributed by atoms with van der Waals surface area (Å²) < 4.78 is 7.20. The molecule has 0 radical (unpaired) electrons. The quantitative estimate of drug-likeness (QED) is 0.163. The first-order chi connectivity index (χ1) is 21.9. The topological polar surface area (TPSA) is 156 Å². The number of hydrogen-bond acceptors (Lipinski definition) is 11. The van der Waals surface area contributed by atoms with Crippen molar-refractivity contribution in [1.29, 1.82) is 0 Å². The second kappa shape index (κ2) is 13.7. The molecule has 1 aromatic carbocycles. The zero-order valence-corrected chi connectivity index (χ0v) is 25.6. The van der Waals surface area contributed by atoms with Crippen molar-refractivity contribution in [1.82, 2.24) is 24.8 Å². The lowest BCUT2D eigenvalue weighted by atomic mass is 10.0. The molecule has 3 aliphatic rings. The lowest BCUT2D eigenvalue weighted by Crippen LogP contribution is -2.54. The molecule has 13 nitrogen and oxygen atoms in total. The number of imide groups is 2. The molecule has 45 heavy (non-hydrogen) atoms. The molecule has 2 N–H and O–H groups in total. The fraction of sp³-hybridized carbons (Fsp3) is 0.452. The van der Waals surface area contributed by atoms with Gasteiger partial charge < -0.3 is 15.0 Å². The highest BCUT2D eigenvalue weighted by molar-refractivity contribution is 7.14.